The number of rotatable bonds is 3. The maximum Gasteiger partial charge on any atom is 0.246 e. The topological polar surface area (TPSA) is 54.4 Å². The van der Waals surface area contributed by atoms with E-state index >= 15 is 0 Å². The molecule has 0 bridgehead atoms. The number of thiazole rings is 1. The molecule has 1 aromatic rings. The van der Waals surface area contributed by atoms with Crippen molar-refractivity contribution < 1.29 is 4.79 Å². The van der Waals surface area contributed by atoms with Crippen LogP contribution in [-0.4, -0.2) is 16.6 Å². The van der Waals surface area contributed by atoms with E-state index in [2.05, 4.69) is 15.5 Å². The lowest BCUT2D eigenvalue weighted by atomic mass is 9.99. The van der Waals surface area contributed by atoms with Gasteiger partial charge in [0.15, 0.2) is 0 Å². The Bertz CT molecular complexity index is 417. The molecule has 1 saturated carbocycles. The van der Waals surface area contributed by atoms with E-state index < -0.39 is 0 Å². The highest BCUT2D eigenvalue weighted by molar-refractivity contribution is 7.09. The summed E-state index contributed by atoms with van der Waals surface area (Å²) in [6, 6.07) is 0. The molecule has 17 heavy (non-hydrogen) atoms. The van der Waals surface area contributed by atoms with E-state index in [4.69, 9.17) is 0 Å². The lowest BCUT2D eigenvalue weighted by Crippen LogP contribution is -2.22. The second kappa shape index (κ2) is 5.91. The molecule has 0 aromatic carbocycles. The second-order valence-corrected chi connectivity index (χ2v) is 5.37. The molecule has 1 heterocycles. The molecule has 0 aliphatic heterocycles. The lowest BCUT2D eigenvalue weighted by Gasteiger charge is -2.11. The zero-order valence-corrected chi connectivity index (χ0v) is 10.8. The third-order valence-corrected chi connectivity index (χ3v) is 3.60. The molecular weight excluding hydrogens is 234 g/mol. The Morgan fingerprint density at radius 2 is 2.24 bits per heavy atom. The summed E-state index contributed by atoms with van der Waals surface area (Å²) in [7, 11) is 0. The minimum Gasteiger partial charge on any atom is -0.273 e. The highest BCUT2D eigenvalue weighted by Crippen LogP contribution is 2.14. The first kappa shape index (κ1) is 12.2. The van der Waals surface area contributed by atoms with Crippen molar-refractivity contribution in [3.63, 3.8) is 0 Å². The Morgan fingerprint density at radius 1 is 1.47 bits per heavy atom. The first-order chi connectivity index (χ1) is 8.24. The summed E-state index contributed by atoms with van der Waals surface area (Å²) < 4.78 is 0. The number of carbonyl (C=O) groups excluding carboxylic acids is 1. The van der Waals surface area contributed by atoms with Crippen molar-refractivity contribution in [2.75, 3.05) is 0 Å². The Labute approximate surface area is 105 Å². The van der Waals surface area contributed by atoms with Crippen molar-refractivity contribution in [2.45, 2.75) is 45.4 Å². The molecule has 0 radical (unpaired) electrons. The van der Waals surface area contributed by atoms with Crippen molar-refractivity contribution in [3.05, 3.63) is 16.1 Å². The highest BCUT2D eigenvalue weighted by atomic mass is 32.1. The van der Waals surface area contributed by atoms with E-state index in [9.17, 15) is 4.79 Å². The summed E-state index contributed by atoms with van der Waals surface area (Å²) in [6.45, 7) is 1.94. The van der Waals surface area contributed by atoms with Crippen LogP contribution in [0.4, 0.5) is 0 Å². The van der Waals surface area contributed by atoms with Crippen molar-refractivity contribution >= 4 is 23.0 Å². The maximum atomic E-state index is 11.6. The number of hydrogen-bond donors (Lipinski definition) is 1. The summed E-state index contributed by atoms with van der Waals surface area (Å²) in [4.78, 5) is 15.9. The van der Waals surface area contributed by atoms with E-state index in [1.54, 1.807) is 11.3 Å². The number of carbonyl (C=O) groups is 1. The first-order valence-electron chi connectivity index (χ1n) is 5.99. The van der Waals surface area contributed by atoms with Crippen LogP contribution in [0.5, 0.6) is 0 Å². The van der Waals surface area contributed by atoms with Gasteiger partial charge in [-0.25, -0.2) is 10.4 Å². The van der Waals surface area contributed by atoms with Gasteiger partial charge in [0, 0.05) is 11.1 Å². The van der Waals surface area contributed by atoms with Gasteiger partial charge in [-0.05, 0) is 32.6 Å². The standard InChI is InChI=1S/C12H17N3OS/c1-9-13-11(8-17-9)7-12(16)15-14-10-5-3-2-4-6-10/h8H,2-7H2,1H3,(H,15,16). The quantitative estimate of drug-likeness (QED) is 0.839. The van der Waals surface area contributed by atoms with Crippen molar-refractivity contribution in [1.82, 2.24) is 10.4 Å². The molecule has 1 N–H and O–H groups in total. The minimum absolute atomic E-state index is 0.0756. The second-order valence-electron chi connectivity index (χ2n) is 4.31. The fourth-order valence-electron chi connectivity index (χ4n) is 1.91. The molecule has 4 nitrogen and oxygen atoms in total. The fraction of sp³-hybridized carbons (Fsp3) is 0.583. The summed E-state index contributed by atoms with van der Waals surface area (Å²) in [6.07, 6.45) is 6.04. The van der Waals surface area contributed by atoms with Gasteiger partial charge in [0.25, 0.3) is 0 Å². The molecule has 0 unspecified atom stereocenters. The number of nitrogens with one attached hydrogen (secondary N) is 1. The van der Waals surface area contributed by atoms with Crippen molar-refractivity contribution in [2.24, 2.45) is 5.10 Å². The van der Waals surface area contributed by atoms with Crippen LogP contribution in [-0.2, 0) is 11.2 Å². The van der Waals surface area contributed by atoms with Gasteiger partial charge < -0.3 is 0 Å². The zero-order valence-electron chi connectivity index (χ0n) is 10.0. The van der Waals surface area contributed by atoms with Gasteiger partial charge in [-0.3, -0.25) is 4.79 Å². The fourth-order valence-corrected chi connectivity index (χ4v) is 2.52. The van der Waals surface area contributed by atoms with E-state index in [0.29, 0.717) is 6.42 Å². The van der Waals surface area contributed by atoms with Crippen LogP contribution >= 0.6 is 11.3 Å². The monoisotopic (exact) mass is 251 g/mol. The SMILES string of the molecule is Cc1nc(CC(=O)NN=C2CCCCC2)cs1. The van der Waals surface area contributed by atoms with E-state index in [-0.39, 0.29) is 5.91 Å². The highest BCUT2D eigenvalue weighted by Gasteiger charge is 2.09. The van der Waals surface area contributed by atoms with Crippen LogP contribution in [0.3, 0.4) is 0 Å². The van der Waals surface area contributed by atoms with Gasteiger partial charge in [0.05, 0.1) is 17.1 Å². The van der Waals surface area contributed by atoms with Crippen LogP contribution < -0.4 is 5.43 Å². The summed E-state index contributed by atoms with van der Waals surface area (Å²) >= 11 is 1.57. The third-order valence-electron chi connectivity index (χ3n) is 2.78. The van der Waals surface area contributed by atoms with E-state index in [1.807, 2.05) is 12.3 Å². The molecule has 1 fully saturated rings. The van der Waals surface area contributed by atoms with Crippen LogP contribution in [0.1, 0.15) is 42.8 Å². The van der Waals surface area contributed by atoms with E-state index in [1.165, 1.54) is 19.3 Å². The number of nitrogens with zero attached hydrogens (tertiary/aromatic N) is 2. The molecule has 1 aromatic heterocycles. The van der Waals surface area contributed by atoms with Gasteiger partial charge >= 0.3 is 0 Å². The number of hydrogen-bond acceptors (Lipinski definition) is 4. The number of amides is 1. The van der Waals surface area contributed by atoms with Gasteiger partial charge in [0.2, 0.25) is 5.91 Å². The Balaban J connectivity index is 1.81. The smallest absolute Gasteiger partial charge is 0.246 e. The third kappa shape index (κ3) is 3.93. The van der Waals surface area contributed by atoms with Crippen LogP contribution in [0.2, 0.25) is 0 Å². The lowest BCUT2D eigenvalue weighted by molar-refractivity contribution is -0.120. The maximum absolute atomic E-state index is 11.6. The largest absolute Gasteiger partial charge is 0.273 e. The molecule has 1 amide bonds. The predicted molar refractivity (Wildman–Crippen MR) is 69.2 cm³/mol. The Kier molecular flexibility index (Phi) is 4.25. The average Bonchev–Trinajstić information content (AvgIpc) is 2.73. The average molecular weight is 251 g/mol. The van der Waals surface area contributed by atoms with Gasteiger partial charge in [-0.15, -0.1) is 11.3 Å². The Morgan fingerprint density at radius 3 is 2.88 bits per heavy atom. The normalized spacial score (nSPS) is 15.7. The molecule has 0 spiro atoms. The molecule has 0 atom stereocenters. The minimum atomic E-state index is -0.0756. The van der Waals surface area contributed by atoms with Crippen molar-refractivity contribution in [3.8, 4) is 0 Å². The van der Waals surface area contributed by atoms with E-state index in [0.717, 1.165) is 29.3 Å². The summed E-state index contributed by atoms with van der Waals surface area (Å²) in [5, 5.41) is 7.09. The molecule has 1 aliphatic carbocycles. The molecule has 5 heteroatoms. The zero-order chi connectivity index (χ0) is 12.1. The molecular formula is C12H17N3OS. The summed E-state index contributed by atoms with van der Waals surface area (Å²) in [5.41, 5.74) is 4.58. The molecule has 92 valence electrons. The van der Waals surface area contributed by atoms with Crippen LogP contribution in [0, 0.1) is 6.92 Å². The molecule has 2 rings (SSSR count). The molecule has 0 saturated heterocycles. The molecule has 1 aliphatic rings. The number of aromatic nitrogens is 1. The first-order valence-corrected chi connectivity index (χ1v) is 6.87. The van der Waals surface area contributed by atoms with Crippen LogP contribution in [0.25, 0.3) is 0 Å². The number of hydrazone groups is 1. The summed E-state index contributed by atoms with van der Waals surface area (Å²) in [5.74, 6) is -0.0756. The van der Waals surface area contributed by atoms with Crippen LogP contribution in [0.15, 0.2) is 10.5 Å². The van der Waals surface area contributed by atoms with Crippen molar-refractivity contribution in [1.29, 1.82) is 0 Å². The Hall–Kier alpha value is -1.23. The predicted octanol–water partition coefficient (Wildman–Crippen LogP) is 2.43. The van der Waals surface area contributed by atoms with Gasteiger partial charge in [-0.1, -0.05) is 6.42 Å². The van der Waals surface area contributed by atoms with Gasteiger partial charge in [0.1, 0.15) is 0 Å². The number of aryl methyl sites for hydroxylation is 1. The van der Waals surface area contributed by atoms with Gasteiger partial charge in [-0.2, -0.15) is 5.10 Å².